The monoisotopic (exact) mass is 409 g/mol. The van der Waals surface area contributed by atoms with Crippen molar-refractivity contribution in [3.63, 3.8) is 0 Å². The van der Waals surface area contributed by atoms with Gasteiger partial charge in [-0.1, -0.05) is 44.2 Å². The van der Waals surface area contributed by atoms with Crippen molar-refractivity contribution in [1.29, 1.82) is 0 Å². The van der Waals surface area contributed by atoms with Crippen LogP contribution in [0.15, 0.2) is 36.7 Å². The number of carbonyl (C=O) groups is 2. The molecule has 0 aliphatic heterocycles. The zero-order valence-corrected chi connectivity index (χ0v) is 17.8. The average molecular weight is 409 g/mol. The number of hydrogen-bond donors (Lipinski definition) is 1. The highest BCUT2D eigenvalue weighted by Gasteiger charge is 2.19. The van der Waals surface area contributed by atoms with Crippen LogP contribution in [0.5, 0.6) is 0 Å². The van der Waals surface area contributed by atoms with Crippen LogP contribution in [0.2, 0.25) is 0 Å². The van der Waals surface area contributed by atoms with E-state index in [0.717, 1.165) is 23.2 Å². The van der Waals surface area contributed by atoms with Crippen molar-refractivity contribution < 1.29 is 14.3 Å². The Bertz CT molecular complexity index is 1030. The fourth-order valence-electron chi connectivity index (χ4n) is 3.42. The number of ether oxygens (including phenoxy) is 1. The van der Waals surface area contributed by atoms with Crippen LogP contribution >= 0.6 is 0 Å². The van der Waals surface area contributed by atoms with Gasteiger partial charge in [-0.15, -0.1) is 0 Å². The van der Waals surface area contributed by atoms with Crippen molar-refractivity contribution in [2.75, 3.05) is 6.61 Å². The first-order valence-electron chi connectivity index (χ1n) is 10.0. The maximum atomic E-state index is 12.4. The lowest BCUT2D eigenvalue weighted by molar-refractivity contribution is -0.148. The van der Waals surface area contributed by atoms with Gasteiger partial charge in [0.2, 0.25) is 0 Å². The number of nitrogens with zero attached hydrogens (tertiary/aromatic N) is 4. The standard InChI is InChI=1S/C22H27N5O3/c1-14(2)10-19(17-8-6-5-7-9-17)26-20(28)12-30-21(29)11-18-15(3)25-22-23-13-24-27(22)16(18)4/h5-9,13-14,19H,10-12H2,1-4H3,(H,26,28)/t19-/m0/s1. The molecule has 1 aromatic carbocycles. The molecular formula is C22H27N5O3. The summed E-state index contributed by atoms with van der Waals surface area (Å²) < 4.78 is 6.81. The normalized spacial score (nSPS) is 12.2. The molecule has 1 N–H and O–H groups in total. The number of hydrogen-bond acceptors (Lipinski definition) is 6. The van der Waals surface area contributed by atoms with Gasteiger partial charge in [-0.05, 0) is 31.7 Å². The number of rotatable bonds is 8. The fraction of sp³-hybridized carbons (Fsp3) is 0.409. The highest BCUT2D eigenvalue weighted by atomic mass is 16.5. The van der Waals surface area contributed by atoms with Crippen LogP contribution in [0.4, 0.5) is 0 Å². The second kappa shape index (κ2) is 9.47. The molecule has 0 fully saturated rings. The number of aromatic nitrogens is 4. The lowest BCUT2D eigenvalue weighted by Gasteiger charge is -2.21. The Morgan fingerprint density at radius 1 is 1.17 bits per heavy atom. The molecule has 1 amide bonds. The Morgan fingerprint density at radius 2 is 1.90 bits per heavy atom. The summed E-state index contributed by atoms with van der Waals surface area (Å²) in [7, 11) is 0. The van der Waals surface area contributed by atoms with Gasteiger partial charge >= 0.3 is 5.97 Å². The lowest BCUT2D eigenvalue weighted by atomic mass is 9.97. The molecule has 158 valence electrons. The summed E-state index contributed by atoms with van der Waals surface area (Å²) >= 11 is 0. The number of carbonyl (C=O) groups excluding carboxylic acids is 2. The van der Waals surface area contributed by atoms with Crippen LogP contribution < -0.4 is 5.32 Å². The molecule has 2 heterocycles. The number of aryl methyl sites for hydroxylation is 2. The van der Waals surface area contributed by atoms with Gasteiger partial charge in [-0.25, -0.2) is 9.50 Å². The highest BCUT2D eigenvalue weighted by Crippen LogP contribution is 2.21. The Kier molecular flexibility index (Phi) is 6.76. The summed E-state index contributed by atoms with van der Waals surface area (Å²) in [5.41, 5.74) is 3.22. The number of benzene rings is 1. The summed E-state index contributed by atoms with van der Waals surface area (Å²) in [4.78, 5) is 33.2. The van der Waals surface area contributed by atoms with Gasteiger partial charge in [-0.3, -0.25) is 9.59 Å². The second-order valence-electron chi connectivity index (χ2n) is 7.73. The van der Waals surface area contributed by atoms with E-state index in [1.165, 1.54) is 6.33 Å². The largest absolute Gasteiger partial charge is 0.455 e. The molecule has 0 radical (unpaired) electrons. The Balaban J connectivity index is 1.59. The smallest absolute Gasteiger partial charge is 0.310 e. The molecule has 8 heteroatoms. The molecule has 1 atom stereocenters. The predicted octanol–water partition coefficient (Wildman–Crippen LogP) is 2.73. The topological polar surface area (TPSA) is 98.5 Å². The molecule has 0 aliphatic carbocycles. The molecule has 0 unspecified atom stereocenters. The van der Waals surface area contributed by atoms with Crippen molar-refractivity contribution in [2.45, 2.75) is 46.6 Å². The van der Waals surface area contributed by atoms with Gasteiger partial charge < -0.3 is 10.1 Å². The van der Waals surface area contributed by atoms with Crippen LogP contribution in [-0.2, 0) is 20.7 Å². The molecule has 8 nitrogen and oxygen atoms in total. The summed E-state index contributed by atoms with van der Waals surface area (Å²) in [5.74, 6) is 0.0793. The van der Waals surface area contributed by atoms with E-state index in [2.05, 4.69) is 34.2 Å². The SMILES string of the molecule is Cc1nc2ncnn2c(C)c1CC(=O)OCC(=O)N[C@@H](CC(C)C)c1ccccc1. The van der Waals surface area contributed by atoms with Crippen LogP contribution in [-0.4, -0.2) is 38.1 Å². The van der Waals surface area contributed by atoms with Crippen molar-refractivity contribution in [3.8, 4) is 0 Å². The van der Waals surface area contributed by atoms with Crippen molar-refractivity contribution in [2.24, 2.45) is 5.92 Å². The van der Waals surface area contributed by atoms with Gasteiger partial charge in [0.1, 0.15) is 6.33 Å². The number of amides is 1. The molecule has 0 bridgehead atoms. The zero-order chi connectivity index (χ0) is 21.7. The highest BCUT2D eigenvalue weighted by molar-refractivity contribution is 5.81. The Morgan fingerprint density at radius 3 is 2.60 bits per heavy atom. The molecule has 3 rings (SSSR count). The Labute approximate surface area is 175 Å². The van der Waals surface area contributed by atoms with Gasteiger partial charge in [0, 0.05) is 17.0 Å². The van der Waals surface area contributed by atoms with E-state index in [9.17, 15) is 9.59 Å². The molecule has 0 saturated heterocycles. The first kappa shape index (κ1) is 21.4. The van der Waals surface area contributed by atoms with Gasteiger partial charge in [0.05, 0.1) is 12.5 Å². The fourth-order valence-corrected chi connectivity index (χ4v) is 3.42. The van der Waals surface area contributed by atoms with E-state index < -0.39 is 5.97 Å². The van der Waals surface area contributed by atoms with Crippen molar-refractivity contribution in [3.05, 3.63) is 59.2 Å². The third kappa shape index (κ3) is 5.20. The number of fused-ring (bicyclic) bond motifs is 1. The summed E-state index contributed by atoms with van der Waals surface area (Å²) in [6.45, 7) is 7.55. The molecule has 0 aliphatic rings. The molecule has 0 saturated carbocycles. The van der Waals surface area contributed by atoms with Crippen LogP contribution in [0.3, 0.4) is 0 Å². The summed E-state index contributed by atoms with van der Waals surface area (Å²) in [6.07, 6.45) is 2.23. The average Bonchev–Trinajstić information content (AvgIpc) is 3.18. The minimum Gasteiger partial charge on any atom is -0.455 e. The van der Waals surface area contributed by atoms with Crippen LogP contribution in [0.1, 0.15) is 48.8 Å². The van der Waals surface area contributed by atoms with Crippen molar-refractivity contribution >= 4 is 17.7 Å². The van der Waals surface area contributed by atoms with E-state index >= 15 is 0 Å². The minimum atomic E-state index is -0.488. The van der Waals surface area contributed by atoms with E-state index in [-0.39, 0.29) is 25.0 Å². The third-order valence-electron chi connectivity index (χ3n) is 4.92. The summed E-state index contributed by atoms with van der Waals surface area (Å²) in [6, 6.07) is 9.67. The number of nitrogens with one attached hydrogen (secondary N) is 1. The first-order valence-corrected chi connectivity index (χ1v) is 10.0. The molecule has 2 aromatic heterocycles. The third-order valence-corrected chi connectivity index (χ3v) is 4.92. The maximum Gasteiger partial charge on any atom is 0.310 e. The molecule has 3 aromatic rings. The van der Waals surface area contributed by atoms with Gasteiger partial charge in [0.15, 0.2) is 6.61 Å². The van der Waals surface area contributed by atoms with Crippen molar-refractivity contribution in [1.82, 2.24) is 24.9 Å². The van der Waals surface area contributed by atoms with Gasteiger partial charge in [0.25, 0.3) is 11.7 Å². The van der Waals surface area contributed by atoms with E-state index in [1.54, 1.807) is 4.52 Å². The molecule has 0 spiro atoms. The molecular weight excluding hydrogens is 382 g/mol. The maximum absolute atomic E-state index is 12.4. The number of esters is 1. The quantitative estimate of drug-likeness (QED) is 0.575. The van der Waals surface area contributed by atoms with E-state index in [0.29, 0.717) is 17.4 Å². The zero-order valence-electron chi connectivity index (χ0n) is 17.8. The van der Waals surface area contributed by atoms with Gasteiger partial charge in [-0.2, -0.15) is 10.1 Å². The first-order chi connectivity index (χ1) is 14.3. The van der Waals surface area contributed by atoms with E-state index in [1.807, 2.05) is 44.2 Å². The van der Waals surface area contributed by atoms with E-state index in [4.69, 9.17) is 4.74 Å². The molecule has 30 heavy (non-hydrogen) atoms. The van der Waals surface area contributed by atoms with Crippen LogP contribution in [0, 0.1) is 19.8 Å². The minimum absolute atomic E-state index is 0.0157. The second-order valence-corrected chi connectivity index (χ2v) is 7.73. The predicted molar refractivity (Wildman–Crippen MR) is 112 cm³/mol. The van der Waals surface area contributed by atoms with Crippen LogP contribution in [0.25, 0.3) is 5.78 Å². The Hall–Kier alpha value is -3.29. The summed E-state index contributed by atoms with van der Waals surface area (Å²) in [5, 5.41) is 7.09. The lowest BCUT2D eigenvalue weighted by Crippen LogP contribution is -2.33.